The molecule has 0 aromatic rings. The van der Waals surface area contributed by atoms with Gasteiger partial charge in [-0.05, 0) is 72.6 Å². The van der Waals surface area contributed by atoms with E-state index in [4.69, 9.17) is 0 Å². The number of fused-ring (bicyclic) bond motifs is 2. The lowest BCUT2D eigenvalue weighted by Gasteiger charge is -2.22. The maximum atomic E-state index is 4.14. The van der Waals surface area contributed by atoms with Crippen LogP contribution >= 0.6 is 0 Å². The van der Waals surface area contributed by atoms with Gasteiger partial charge in [0, 0.05) is 5.71 Å². The summed E-state index contributed by atoms with van der Waals surface area (Å²) < 4.78 is 0. The summed E-state index contributed by atoms with van der Waals surface area (Å²) in [5, 5.41) is 18.7. The first-order chi connectivity index (χ1) is 8.95. The smallest absolute Gasteiger partial charge is 0.0514 e. The topological polar surface area (TPSA) is 61.8 Å². The SMILES string of the molecule is C1=C\CCCC2CCC/C(=N/N=N\N=N\C=C/1)C2. The molecule has 2 aliphatic rings. The van der Waals surface area contributed by atoms with Crippen molar-refractivity contribution in [3.05, 3.63) is 24.4 Å². The second kappa shape index (κ2) is 7.63. The van der Waals surface area contributed by atoms with Gasteiger partial charge in [0.05, 0.1) is 6.20 Å². The first kappa shape index (κ1) is 12.8. The fourth-order valence-electron chi connectivity index (χ4n) is 2.41. The molecule has 0 aromatic carbocycles. The van der Waals surface area contributed by atoms with Crippen LogP contribution in [0.1, 0.15) is 44.9 Å². The highest BCUT2D eigenvalue weighted by atomic mass is 15.5. The zero-order chi connectivity index (χ0) is 12.5. The van der Waals surface area contributed by atoms with Crippen molar-refractivity contribution in [2.75, 3.05) is 0 Å². The maximum absolute atomic E-state index is 4.14. The van der Waals surface area contributed by atoms with Gasteiger partial charge in [-0.25, -0.2) is 0 Å². The molecule has 0 spiro atoms. The van der Waals surface area contributed by atoms with Crippen molar-refractivity contribution in [1.29, 1.82) is 0 Å². The second-order valence-corrected chi connectivity index (χ2v) is 4.71. The first-order valence-electron chi connectivity index (χ1n) is 6.62. The van der Waals surface area contributed by atoms with E-state index < -0.39 is 0 Å². The minimum Gasteiger partial charge on any atom is -0.138 e. The minimum absolute atomic E-state index is 0.767. The molecule has 96 valence electrons. The summed E-state index contributed by atoms with van der Waals surface area (Å²) in [7, 11) is 0. The Labute approximate surface area is 107 Å². The van der Waals surface area contributed by atoms with E-state index in [-0.39, 0.29) is 0 Å². The van der Waals surface area contributed by atoms with Gasteiger partial charge in [0.1, 0.15) is 0 Å². The summed E-state index contributed by atoms with van der Waals surface area (Å²) in [5.74, 6) is 0.767. The highest BCUT2D eigenvalue weighted by molar-refractivity contribution is 5.85. The molecule has 0 radical (unpaired) electrons. The standard InChI is InChI=1S/C13H19N5/c1-2-4-7-12-8-6-9-13(11-12)15-17-18-16-14-10-5-3-1/h1,3,5,10,12H,2,4,6-9,11H2/b3-1-,10-5-,15-13-,16-14+,18-17-. The molecule has 1 aliphatic carbocycles. The van der Waals surface area contributed by atoms with Gasteiger partial charge in [0.15, 0.2) is 0 Å². The highest BCUT2D eigenvalue weighted by Crippen LogP contribution is 2.26. The molecule has 1 aliphatic heterocycles. The van der Waals surface area contributed by atoms with Crippen molar-refractivity contribution in [3.63, 3.8) is 0 Å². The molecule has 1 atom stereocenters. The Morgan fingerprint density at radius 1 is 1.00 bits per heavy atom. The monoisotopic (exact) mass is 245 g/mol. The van der Waals surface area contributed by atoms with Crippen LogP contribution in [0.25, 0.3) is 0 Å². The van der Waals surface area contributed by atoms with Crippen molar-refractivity contribution >= 4 is 5.71 Å². The highest BCUT2D eigenvalue weighted by Gasteiger charge is 2.17. The first-order valence-corrected chi connectivity index (χ1v) is 6.62. The molecule has 1 heterocycles. The van der Waals surface area contributed by atoms with Crippen molar-refractivity contribution in [2.45, 2.75) is 44.9 Å². The van der Waals surface area contributed by atoms with Crippen molar-refractivity contribution in [1.82, 2.24) is 0 Å². The van der Waals surface area contributed by atoms with Gasteiger partial charge in [-0.15, -0.1) is 10.2 Å². The van der Waals surface area contributed by atoms with Crippen LogP contribution in [0.4, 0.5) is 0 Å². The molecule has 18 heavy (non-hydrogen) atoms. The molecule has 1 fully saturated rings. The Balaban J connectivity index is 2.01. The van der Waals surface area contributed by atoms with Crippen LogP contribution in [0.2, 0.25) is 0 Å². The predicted molar refractivity (Wildman–Crippen MR) is 71.2 cm³/mol. The third-order valence-corrected chi connectivity index (χ3v) is 3.30. The zero-order valence-corrected chi connectivity index (χ0v) is 10.6. The normalized spacial score (nSPS) is 35.3. The van der Waals surface area contributed by atoms with Gasteiger partial charge >= 0.3 is 0 Å². The summed E-state index contributed by atoms with van der Waals surface area (Å²) in [6.07, 6.45) is 15.9. The van der Waals surface area contributed by atoms with Gasteiger partial charge < -0.3 is 0 Å². The lowest BCUT2D eigenvalue weighted by atomic mass is 9.84. The van der Waals surface area contributed by atoms with Crippen molar-refractivity contribution < 1.29 is 0 Å². The minimum atomic E-state index is 0.767. The van der Waals surface area contributed by atoms with Crippen LogP contribution in [0.5, 0.6) is 0 Å². The van der Waals surface area contributed by atoms with Gasteiger partial charge in [-0.3, -0.25) is 0 Å². The Morgan fingerprint density at radius 2 is 1.94 bits per heavy atom. The summed E-state index contributed by atoms with van der Waals surface area (Å²) >= 11 is 0. The molecule has 2 bridgehead atoms. The van der Waals surface area contributed by atoms with Gasteiger partial charge in [0.25, 0.3) is 0 Å². The van der Waals surface area contributed by atoms with E-state index in [2.05, 4.69) is 32.0 Å². The van der Waals surface area contributed by atoms with E-state index in [9.17, 15) is 0 Å². The predicted octanol–water partition coefficient (Wildman–Crippen LogP) is 4.61. The summed E-state index contributed by atoms with van der Waals surface area (Å²) in [6, 6.07) is 0. The van der Waals surface area contributed by atoms with E-state index >= 15 is 0 Å². The quantitative estimate of drug-likeness (QED) is 0.598. The van der Waals surface area contributed by atoms with Gasteiger partial charge in [0.2, 0.25) is 0 Å². The van der Waals surface area contributed by atoms with Crippen LogP contribution in [0, 0.1) is 5.92 Å². The van der Waals surface area contributed by atoms with Crippen LogP contribution in [-0.2, 0) is 0 Å². The average molecular weight is 245 g/mol. The number of hydrogen-bond donors (Lipinski definition) is 0. The Bertz CT molecular complexity index is 392. The van der Waals surface area contributed by atoms with E-state index in [1.54, 1.807) is 6.20 Å². The summed E-state index contributed by atoms with van der Waals surface area (Å²) in [6.45, 7) is 0. The van der Waals surface area contributed by atoms with E-state index in [1.807, 2.05) is 12.2 Å². The van der Waals surface area contributed by atoms with E-state index in [0.717, 1.165) is 30.9 Å². The molecule has 1 saturated carbocycles. The van der Waals surface area contributed by atoms with Crippen molar-refractivity contribution in [2.24, 2.45) is 31.8 Å². The third-order valence-electron chi connectivity index (χ3n) is 3.30. The number of nitrogens with zero attached hydrogens (tertiary/aromatic N) is 5. The number of rotatable bonds is 0. The molecule has 2 rings (SSSR count). The fourth-order valence-corrected chi connectivity index (χ4v) is 2.41. The second-order valence-electron chi connectivity index (χ2n) is 4.71. The van der Waals surface area contributed by atoms with E-state index in [1.165, 1.54) is 25.7 Å². The Kier molecular flexibility index (Phi) is 5.43. The molecule has 0 N–H and O–H groups in total. The van der Waals surface area contributed by atoms with Crippen LogP contribution < -0.4 is 0 Å². The molecule has 0 amide bonds. The largest absolute Gasteiger partial charge is 0.138 e. The Morgan fingerprint density at radius 3 is 2.94 bits per heavy atom. The molecular weight excluding hydrogens is 226 g/mol. The molecule has 0 aromatic heterocycles. The molecule has 0 saturated heterocycles. The maximum Gasteiger partial charge on any atom is 0.0514 e. The lowest BCUT2D eigenvalue weighted by Crippen LogP contribution is -2.14. The number of hydrogen-bond acceptors (Lipinski definition) is 5. The summed E-state index contributed by atoms with van der Waals surface area (Å²) in [4.78, 5) is 0. The van der Waals surface area contributed by atoms with Crippen LogP contribution in [0.15, 0.2) is 50.3 Å². The van der Waals surface area contributed by atoms with Gasteiger partial charge in [-0.1, -0.05) is 12.2 Å². The van der Waals surface area contributed by atoms with E-state index in [0.29, 0.717) is 0 Å². The van der Waals surface area contributed by atoms with Gasteiger partial charge in [-0.2, -0.15) is 0 Å². The fraction of sp³-hybridized carbons (Fsp3) is 0.615. The molecule has 5 heteroatoms. The average Bonchev–Trinajstić information content (AvgIpc) is 2.40. The third kappa shape index (κ3) is 4.69. The summed E-state index contributed by atoms with van der Waals surface area (Å²) in [5.41, 5.74) is 1.16. The number of allylic oxidation sites excluding steroid dienone is 3. The molecule has 1 unspecified atom stereocenters. The molecule has 5 nitrogen and oxygen atoms in total. The van der Waals surface area contributed by atoms with Crippen LogP contribution in [0.3, 0.4) is 0 Å². The zero-order valence-electron chi connectivity index (χ0n) is 10.6. The lowest BCUT2D eigenvalue weighted by molar-refractivity contribution is 0.418. The molecular formula is C13H19N5. The Hall–Kier alpha value is -1.65. The van der Waals surface area contributed by atoms with Crippen LogP contribution in [-0.4, -0.2) is 5.71 Å². The van der Waals surface area contributed by atoms with Crippen molar-refractivity contribution in [3.8, 4) is 0 Å².